The summed E-state index contributed by atoms with van der Waals surface area (Å²) < 4.78 is 2.04. The van der Waals surface area contributed by atoms with Crippen LogP contribution in [0, 0.1) is 0 Å². The average molecular weight is 233 g/mol. The van der Waals surface area contributed by atoms with E-state index in [0.29, 0.717) is 12.0 Å². The van der Waals surface area contributed by atoms with Gasteiger partial charge in [0.1, 0.15) is 5.52 Å². The van der Waals surface area contributed by atoms with Crippen molar-refractivity contribution in [3.63, 3.8) is 0 Å². The molecule has 0 bridgehead atoms. The second kappa shape index (κ2) is 4.71. The molecule has 0 amide bonds. The van der Waals surface area contributed by atoms with Crippen molar-refractivity contribution in [1.29, 1.82) is 0 Å². The van der Waals surface area contributed by atoms with Gasteiger partial charge in [-0.3, -0.25) is 4.98 Å². The van der Waals surface area contributed by atoms with Gasteiger partial charge >= 0.3 is 0 Å². The Hall–Kier alpha value is -1.62. The third-order valence-electron chi connectivity index (χ3n) is 3.14. The van der Waals surface area contributed by atoms with Gasteiger partial charge in [0.2, 0.25) is 5.95 Å². The molecule has 5 heteroatoms. The Morgan fingerprint density at radius 3 is 2.94 bits per heavy atom. The van der Waals surface area contributed by atoms with Gasteiger partial charge in [-0.1, -0.05) is 0 Å². The number of hydrogen-bond acceptors (Lipinski definition) is 4. The molecule has 0 saturated carbocycles. The SMILES string of the molecule is CC(C)N(C)CCn1c(N)nc2cnccc21. The molecule has 0 aromatic carbocycles. The number of hydrogen-bond donors (Lipinski definition) is 1. The van der Waals surface area contributed by atoms with E-state index in [1.807, 2.05) is 10.6 Å². The van der Waals surface area contributed by atoms with Gasteiger partial charge < -0.3 is 15.2 Å². The Bertz CT molecular complexity index is 503. The smallest absolute Gasteiger partial charge is 0.201 e. The molecule has 0 spiro atoms. The molecule has 0 saturated heterocycles. The average Bonchev–Trinajstić information content (AvgIpc) is 2.61. The molecule has 2 aromatic rings. The van der Waals surface area contributed by atoms with Crippen LogP contribution in [0.3, 0.4) is 0 Å². The van der Waals surface area contributed by atoms with Crippen molar-refractivity contribution in [2.24, 2.45) is 0 Å². The van der Waals surface area contributed by atoms with Crippen molar-refractivity contribution in [2.75, 3.05) is 19.3 Å². The van der Waals surface area contributed by atoms with E-state index in [1.165, 1.54) is 0 Å². The lowest BCUT2D eigenvalue weighted by Crippen LogP contribution is -2.29. The summed E-state index contributed by atoms with van der Waals surface area (Å²) in [6.07, 6.45) is 3.51. The van der Waals surface area contributed by atoms with E-state index >= 15 is 0 Å². The lowest BCUT2D eigenvalue weighted by Gasteiger charge is -2.21. The molecule has 0 atom stereocenters. The Morgan fingerprint density at radius 1 is 1.47 bits per heavy atom. The van der Waals surface area contributed by atoms with Gasteiger partial charge in [0, 0.05) is 25.3 Å². The van der Waals surface area contributed by atoms with Crippen LogP contribution in [0.15, 0.2) is 18.5 Å². The second-order valence-corrected chi connectivity index (χ2v) is 4.56. The number of nitrogen functional groups attached to an aromatic ring is 1. The van der Waals surface area contributed by atoms with Gasteiger partial charge in [-0.25, -0.2) is 4.98 Å². The summed E-state index contributed by atoms with van der Waals surface area (Å²) in [5.74, 6) is 0.560. The fraction of sp³-hybridized carbons (Fsp3) is 0.500. The highest BCUT2D eigenvalue weighted by atomic mass is 15.2. The van der Waals surface area contributed by atoms with Gasteiger partial charge in [-0.05, 0) is 27.0 Å². The molecule has 5 nitrogen and oxygen atoms in total. The van der Waals surface area contributed by atoms with Crippen molar-refractivity contribution in [3.8, 4) is 0 Å². The topological polar surface area (TPSA) is 60.0 Å². The van der Waals surface area contributed by atoms with Crippen LogP contribution in [0.5, 0.6) is 0 Å². The maximum atomic E-state index is 5.92. The molecule has 0 fully saturated rings. The summed E-state index contributed by atoms with van der Waals surface area (Å²) in [6.45, 7) is 6.16. The number of nitrogens with two attached hydrogens (primary N) is 1. The van der Waals surface area contributed by atoms with Crippen molar-refractivity contribution >= 4 is 17.0 Å². The first-order chi connectivity index (χ1) is 8.09. The molecule has 0 radical (unpaired) electrons. The minimum absolute atomic E-state index is 0.535. The molecule has 2 rings (SSSR count). The molecule has 0 aliphatic carbocycles. The summed E-state index contributed by atoms with van der Waals surface area (Å²) >= 11 is 0. The lowest BCUT2D eigenvalue weighted by molar-refractivity contribution is 0.264. The van der Waals surface area contributed by atoms with Crippen molar-refractivity contribution in [1.82, 2.24) is 19.4 Å². The quantitative estimate of drug-likeness (QED) is 0.866. The van der Waals surface area contributed by atoms with Crippen LogP contribution in [0.25, 0.3) is 11.0 Å². The van der Waals surface area contributed by atoms with Crippen LogP contribution in [0.1, 0.15) is 13.8 Å². The first-order valence-corrected chi connectivity index (χ1v) is 5.85. The molecule has 2 heterocycles. The third kappa shape index (κ3) is 2.39. The third-order valence-corrected chi connectivity index (χ3v) is 3.14. The van der Waals surface area contributed by atoms with Crippen molar-refractivity contribution < 1.29 is 0 Å². The largest absolute Gasteiger partial charge is 0.369 e. The first kappa shape index (κ1) is 11.9. The molecule has 2 N–H and O–H groups in total. The predicted octanol–water partition coefficient (Wildman–Crippen LogP) is 1.35. The number of imidazole rings is 1. The van der Waals surface area contributed by atoms with Crippen LogP contribution in [0.2, 0.25) is 0 Å². The maximum Gasteiger partial charge on any atom is 0.201 e. The van der Waals surface area contributed by atoms with Crippen molar-refractivity contribution in [3.05, 3.63) is 18.5 Å². The lowest BCUT2D eigenvalue weighted by atomic mass is 10.3. The van der Waals surface area contributed by atoms with E-state index in [2.05, 4.69) is 35.8 Å². The Balaban J connectivity index is 2.21. The minimum atomic E-state index is 0.535. The van der Waals surface area contributed by atoms with E-state index < -0.39 is 0 Å². The van der Waals surface area contributed by atoms with E-state index in [1.54, 1.807) is 12.4 Å². The minimum Gasteiger partial charge on any atom is -0.369 e. The van der Waals surface area contributed by atoms with Gasteiger partial charge in [0.25, 0.3) is 0 Å². The highest BCUT2D eigenvalue weighted by molar-refractivity contribution is 5.76. The highest BCUT2D eigenvalue weighted by Gasteiger charge is 2.09. The fourth-order valence-electron chi connectivity index (χ4n) is 1.75. The van der Waals surface area contributed by atoms with Crippen LogP contribution >= 0.6 is 0 Å². The molecule has 0 aliphatic heterocycles. The predicted molar refractivity (Wildman–Crippen MR) is 69.7 cm³/mol. The highest BCUT2D eigenvalue weighted by Crippen LogP contribution is 2.16. The number of pyridine rings is 1. The number of likely N-dealkylation sites (N-methyl/N-ethyl adjacent to an activating group) is 1. The van der Waals surface area contributed by atoms with E-state index in [0.717, 1.165) is 24.1 Å². The molecule has 17 heavy (non-hydrogen) atoms. The standard InChI is InChI=1S/C12H19N5/c1-9(2)16(3)6-7-17-11-4-5-14-8-10(11)15-12(17)13/h4-5,8-9H,6-7H2,1-3H3,(H2,13,15). The zero-order valence-corrected chi connectivity index (χ0v) is 10.6. The number of rotatable bonds is 4. The molecular formula is C12H19N5. The van der Waals surface area contributed by atoms with Crippen LogP contribution < -0.4 is 5.73 Å². The molecule has 92 valence electrons. The molecule has 0 aliphatic rings. The number of aromatic nitrogens is 3. The van der Waals surface area contributed by atoms with E-state index in [4.69, 9.17) is 5.73 Å². The van der Waals surface area contributed by atoms with Gasteiger partial charge in [-0.15, -0.1) is 0 Å². The summed E-state index contributed by atoms with van der Waals surface area (Å²) in [7, 11) is 2.11. The molecule has 2 aromatic heterocycles. The monoisotopic (exact) mass is 233 g/mol. The fourth-order valence-corrected chi connectivity index (χ4v) is 1.75. The Morgan fingerprint density at radius 2 is 2.24 bits per heavy atom. The van der Waals surface area contributed by atoms with Gasteiger partial charge in [0.15, 0.2) is 0 Å². The molecular weight excluding hydrogens is 214 g/mol. The van der Waals surface area contributed by atoms with Crippen LogP contribution in [-0.2, 0) is 6.54 Å². The zero-order valence-electron chi connectivity index (χ0n) is 10.6. The first-order valence-electron chi connectivity index (χ1n) is 5.85. The number of nitrogens with zero attached hydrogens (tertiary/aromatic N) is 4. The van der Waals surface area contributed by atoms with E-state index in [-0.39, 0.29) is 0 Å². The van der Waals surface area contributed by atoms with E-state index in [9.17, 15) is 0 Å². The maximum absolute atomic E-state index is 5.92. The molecule has 0 unspecified atom stereocenters. The van der Waals surface area contributed by atoms with Crippen LogP contribution in [-0.4, -0.2) is 39.1 Å². The zero-order chi connectivity index (χ0) is 12.4. The van der Waals surface area contributed by atoms with Crippen LogP contribution in [0.4, 0.5) is 5.95 Å². The van der Waals surface area contributed by atoms with Gasteiger partial charge in [0.05, 0.1) is 11.7 Å². The summed E-state index contributed by atoms with van der Waals surface area (Å²) in [4.78, 5) is 10.6. The Kier molecular flexibility index (Phi) is 3.28. The van der Waals surface area contributed by atoms with Gasteiger partial charge in [-0.2, -0.15) is 0 Å². The Labute approximate surface area is 101 Å². The summed E-state index contributed by atoms with van der Waals surface area (Å²) in [6, 6.07) is 2.49. The summed E-state index contributed by atoms with van der Waals surface area (Å²) in [5, 5.41) is 0. The summed E-state index contributed by atoms with van der Waals surface area (Å²) in [5.41, 5.74) is 7.83. The normalized spacial score (nSPS) is 11.8. The number of fused-ring (bicyclic) bond motifs is 1. The van der Waals surface area contributed by atoms with Crippen molar-refractivity contribution in [2.45, 2.75) is 26.4 Å². The number of anilines is 1. The second-order valence-electron chi connectivity index (χ2n) is 4.56.